The van der Waals surface area contributed by atoms with Gasteiger partial charge in [0.25, 0.3) is 0 Å². The van der Waals surface area contributed by atoms with E-state index >= 15 is 0 Å². The lowest BCUT2D eigenvalue weighted by atomic mass is 10.4. The molecule has 0 amide bonds. The lowest BCUT2D eigenvalue weighted by Gasteiger charge is -2.16. The van der Waals surface area contributed by atoms with Gasteiger partial charge in [-0.1, -0.05) is 89.2 Å². The Morgan fingerprint density at radius 1 is 0.579 bits per heavy atom. The standard InChI is InChI=1S/C18H14Si/c1-4-10-16(11-5-1)19(17-12-6-2-7-13-17)18-14-8-3-9-15-18/h1-2,4-8,10-15,19H. The zero-order valence-corrected chi connectivity index (χ0v) is 11.7. The summed E-state index contributed by atoms with van der Waals surface area (Å²) in [5, 5.41) is 4.26. The van der Waals surface area contributed by atoms with Crippen molar-refractivity contribution >= 4 is 24.4 Å². The van der Waals surface area contributed by atoms with E-state index in [0.717, 1.165) is 0 Å². The minimum absolute atomic E-state index is 1.36. The van der Waals surface area contributed by atoms with Gasteiger partial charge in [0, 0.05) is 0 Å². The summed E-state index contributed by atoms with van der Waals surface area (Å²) in [6.45, 7) is 0. The summed E-state index contributed by atoms with van der Waals surface area (Å²) in [5.41, 5.74) is 0. The Hall–Kier alpha value is -2.30. The third-order valence-electron chi connectivity index (χ3n) is 3.28. The summed E-state index contributed by atoms with van der Waals surface area (Å²) in [6, 6.07) is 33.9. The molecule has 0 unspecified atom stereocenters. The highest BCUT2D eigenvalue weighted by molar-refractivity contribution is 6.95. The fourth-order valence-electron chi connectivity index (χ4n) is 2.41. The second-order valence-electron chi connectivity index (χ2n) is 4.52. The molecule has 3 aromatic rings. The highest BCUT2D eigenvalue weighted by Crippen LogP contribution is 1.94. The van der Waals surface area contributed by atoms with Gasteiger partial charge in [0.2, 0.25) is 0 Å². The molecular formula is C18H14Si. The van der Waals surface area contributed by atoms with Crippen LogP contribution in [0.3, 0.4) is 0 Å². The second-order valence-corrected chi connectivity index (χ2v) is 7.39. The number of rotatable bonds is 3. The van der Waals surface area contributed by atoms with Gasteiger partial charge in [-0.15, -0.1) is 0 Å². The number of benzene rings is 2. The summed E-state index contributed by atoms with van der Waals surface area (Å²) in [7, 11) is -1.36. The summed E-state index contributed by atoms with van der Waals surface area (Å²) in [4.78, 5) is 0. The summed E-state index contributed by atoms with van der Waals surface area (Å²) in [6.07, 6.45) is 0. The zero-order chi connectivity index (χ0) is 12.9. The first-order valence-electron chi connectivity index (χ1n) is 6.43. The van der Waals surface area contributed by atoms with Gasteiger partial charge in [-0.2, -0.15) is 0 Å². The molecule has 0 heterocycles. The monoisotopic (exact) mass is 258 g/mol. The molecule has 0 nitrogen and oxygen atoms in total. The highest BCUT2D eigenvalue weighted by Gasteiger charge is 2.17. The van der Waals surface area contributed by atoms with Crippen molar-refractivity contribution in [2.75, 3.05) is 0 Å². The van der Waals surface area contributed by atoms with Crippen molar-refractivity contribution in [1.82, 2.24) is 0 Å². The van der Waals surface area contributed by atoms with Crippen molar-refractivity contribution < 1.29 is 0 Å². The molecule has 0 saturated carbocycles. The molecule has 1 heteroatoms. The lowest BCUT2D eigenvalue weighted by Crippen LogP contribution is -2.51. The van der Waals surface area contributed by atoms with Gasteiger partial charge in [-0.05, 0) is 17.3 Å². The van der Waals surface area contributed by atoms with E-state index in [1.165, 1.54) is 15.6 Å². The maximum Gasteiger partial charge on any atom is 0.133 e. The van der Waals surface area contributed by atoms with Gasteiger partial charge in [0.05, 0.1) is 0 Å². The average molecular weight is 258 g/mol. The van der Waals surface area contributed by atoms with Crippen LogP contribution in [0.25, 0.3) is 0 Å². The molecule has 3 aromatic carbocycles. The van der Waals surface area contributed by atoms with E-state index in [4.69, 9.17) is 0 Å². The minimum atomic E-state index is -1.36. The first kappa shape index (κ1) is 11.8. The van der Waals surface area contributed by atoms with Crippen molar-refractivity contribution in [1.29, 1.82) is 0 Å². The van der Waals surface area contributed by atoms with E-state index < -0.39 is 8.80 Å². The lowest BCUT2D eigenvalue weighted by molar-refractivity contribution is 1.72. The van der Waals surface area contributed by atoms with Crippen LogP contribution in [-0.2, 0) is 0 Å². The van der Waals surface area contributed by atoms with Crippen molar-refractivity contribution in [2.24, 2.45) is 0 Å². The fraction of sp³-hybridized carbons (Fsp3) is 0. The molecule has 0 spiro atoms. The molecule has 0 aromatic heterocycles. The maximum atomic E-state index is 3.09. The molecule has 0 radical (unpaired) electrons. The minimum Gasteiger partial charge on any atom is -0.0703 e. The van der Waals surface area contributed by atoms with Gasteiger partial charge in [-0.3, -0.25) is 0 Å². The predicted molar refractivity (Wildman–Crippen MR) is 83.0 cm³/mol. The Labute approximate surface area is 116 Å². The first-order chi connectivity index (χ1) is 9.45. The molecule has 0 atom stereocenters. The quantitative estimate of drug-likeness (QED) is 0.625. The van der Waals surface area contributed by atoms with E-state index in [1.54, 1.807) is 0 Å². The molecule has 0 fully saturated rings. The van der Waals surface area contributed by atoms with Crippen molar-refractivity contribution in [3.8, 4) is 0 Å². The Bertz CT molecular complexity index is 524. The van der Waals surface area contributed by atoms with Crippen molar-refractivity contribution in [3.63, 3.8) is 0 Å². The van der Waals surface area contributed by atoms with E-state index in [2.05, 4.69) is 84.9 Å². The normalized spacial score (nSPS) is 10.2. The molecule has 0 aliphatic rings. The Morgan fingerprint density at radius 3 is 1.63 bits per heavy atom. The summed E-state index contributed by atoms with van der Waals surface area (Å²) in [5.74, 6) is 0. The SMILES string of the molecule is c1ccc([SiH](c2ccccc2)c2ccccc2)cc#1. The molecule has 19 heavy (non-hydrogen) atoms. The van der Waals surface area contributed by atoms with E-state index in [9.17, 15) is 0 Å². The van der Waals surface area contributed by atoms with Gasteiger partial charge in [0.15, 0.2) is 0 Å². The zero-order valence-electron chi connectivity index (χ0n) is 10.6. The van der Waals surface area contributed by atoms with Crippen LogP contribution in [0.5, 0.6) is 0 Å². The highest BCUT2D eigenvalue weighted by atomic mass is 28.3. The van der Waals surface area contributed by atoms with E-state index in [1.807, 2.05) is 6.07 Å². The second kappa shape index (κ2) is 5.56. The van der Waals surface area contributed by atoms with Gasteiger partial charge in [-0.25, -0.2) is 0 Å². The third kappa shape index (κ3) is 2.59. The van der Waals surface area contributed by atoms with Crippen LogP contribution in [0.4, 0.5) is 0 Å². The molecule has 90 valence electrons. The van der Waals surface area contributed by atoms with Crippen LogP contribution in [0.15, 0.2) is 78.9 Å². The van der Waals surface area contributed by atoms with Crippen LogP contribution in [0, 0.1) is 12.1 Å². The fourth-order valence-corrected chi connectivity index (χ4v) is 5.31. The van der Waals surface area contributed by atoms with Gasteiger partial charge < -0.3 is 0 Å². The molecule has 0 aliphatic heterocycles. The summed E-state index contributed by atoms with van der Waals surface area (Å²) < 4.78 is 0. The Morgan fingerprint density at radius 2 is 1.16 bits per heavy atom. The Balaban J connectivity index is 2.12. The van der Waals surface area contributed by atoms with Crippen LogP contribution in [0.1, 0.15) is 0 Å². The molecule has 3 rings (SSSR count). The number of hydrogen-bond donors (Lipinski definition) is 0. The summed E-state index contributed by atoms with van der Waals surface area (Å²) >= 11 is 0. The average Bonchev–Trinajstić information content (AvgIpc) is 2.51. The first-order valence-corrected chi connectivity index (χ1v) is 8.16. The van der Waals surface area contributed by atoms with Crippen molar-refractivity contribution in [3.05, 3.63) is 91.0 Å². The smallest absolute Gasteiger partial charge is 0.0703 e. The molecule has 0 N–H and O–H groups in total. The van der Waals surface area contributed by atoms with Crippen LogP contribution in [0.2, 0.25) is 0 Å². The largest absolute Gasteiger partial charge is 0.133 e. The van der Waals surface area contributed by atoms with Crippen LogP contribution < -0.4 is 15.6 Å². The van der Waals surface area contributed by atoms with Crippen molar-refractivity contribution in [2.45, 2.75) is 0 Å². The topological polar surface area (TPSA) is 0 Å². The van der Waals surface area contributed by atoms with Crippen LogP contribution >= 0.6 is 0 Å². The van der Waals surface area contributed by atoms with Crippen LogP contribution in [-0.4, -0.2) is 8.80 Å². The van der Waals surface area contributed by atoms with Gasteiger partial charge in [0.1, 0.15) is 8.80 Å². The van der Waals surface area contributed by atoms with Gasteiger partial charge >= 0.3 is 0 Å². The third-order valence-corrected chi connectivity index (χ3v) is 6.41. The van der Waals surface area contributed by atoms with E-state index in [-0.39, 0.29) is 0 Å². The number of hydrogen-bond acceptors (Lipinski definition) is 0. The Kier molecular flexibility index (Phi) is 3.44. The molecule has 0 aliphatic carbocycles. The molecule has 0 saturated heterocycles. The van der Waals surface area contributed by atoms with E-state index in [0.29, 0.717) is 0 Å². The predicted octanol–water partition coefficient (Wildman–Crippen LogP) is 1.54. The molecule has 0 bridgehead atoms. The molecular weight excluding hydrogens is 244 g/mol. The maximum absolute atomic E-state index is 3.09.